The third-order valence-corrected chi connectivity index (χ3v) is 3.47. The highest BCUT2D eigenvalue weighted by Crippen LogP contribution is 2.11. The fourth-order valence-corrected chi connectivity index (χ4v) is 2.45. The number of hydrogen-bond donors (Lipinski definition) is 2. The summed E-state index contributed by atoms with van der Waals surface area (Å²) >= 11 is 0. The Labute approximate surface area is 86.6 Å². The summed E-state index contributed by atoms with van der Waals surface area (Å²) in [5, 5.41) is 7.08. The predicted molar refractivity (Wildman–Crippen MR) is 58.3 cm³/mol. The molecule has 2 fully saturated rings. The molecule has 0 spiro atoms. The highest BCUT2D eigenvalue weighted by molar-refractivity contribution is 4.90. The van der Waals surface area contributed by atoms with Crippen molar-refractivity contribution in [2.24, 2.45) is 0 Å². The number of rotatable bonds is 1. The summed E-state index contributed by atoms with van der Waals surface area (Å²) in [5.41, 5.74) is 0. The minimum Gasteiger partial charge on any atom is -0.311 e. The van der Waals surface area contributed by atoms with Gasteiger partial charge < -0.3 is 15.5 Å². The Hall–Kier alpha value is -0.160. The van der Waals surface area contributed by atoms with E-state index in [9.17, 15) is 0 Å². The molecule has 2 heterocycles. The molecule has 0 aromatic heterocycles. The smallest absolute Gasteiger partial charge is 0.0482 e. The zero-order chi connectivity index (χ0) is 9.97. The van der Waals surface area contributed by atoms with Crippen LogP contribution in [0.15, 0.2) is 0 Å². The fraction of sp³-hybridized carbons (Fsp3) is 1.00. The van der Waals surface area contributed by atoms with Gasteiger partial charge in [0.1, 0.15) is 0 Å². The van der Waals surface area contributed by atoms with Crippen LogP contribution >= 0.6 is 0 Å². The van der Waals surface area contributed by atoms with Crippen molar-refractivity contribution < 1.29 is 0 Å². The Bertz CT molecular complexity index is 185. The van der Waals surface area contributed by atoms with E-state index in [1.54, 1.807) is 0 Å². The standard InChI is InChI=1S/C10H22N4/c1-13-5-3-9(12-4-6-13)10-7-11-8-14(10)2/h9-12H,3-8H2,1-2H3. The maximum absolute atomic E-state index is 3.66. The van der Waals surface area contributed by atoms with Crippen LogP contribution in [0.4, 0.5) is 0 Å². The van der Waals surface area contributed by atoms with Gasteiger partial charge in [0.25, 0.3) is 0 Å². The molecule has 0 radical (unpaired) electrons. The minimum absolute atomic E-state index is 0.667. The topological polar surface area (TPSA) is 30.5 Å². The van der Waals surface area contributed by atoms with Gasteiger partial charge >= 0.3 is 0 Å². The van der Waals surface area contributed by atoms with Crippen LogP contribution < -0.4 is 10.6 Å². The van der Waals surface area contributed by atoms with Crippen LogP contribution in [0.5, 0.6) is 0 Å². The largest absolute Gasteiger partial charge is 0.311 e. The molecule has 2 aliphatic rings. The summed E-state index contributed by atoms with van der Waals surface area (Å²) in [7, 11) is 4.42. The molecule has 2 saturated heterocycles. The van der Waals surface area contributed by atoms with Gasteiger partial charge in [-0.25, -0.2) is 0 Å². The van der Waals surface area contributed by atoms with E-state index in [0.29, 0.717) is 12.1 Å². The van der Waals surface area contributed by atoms with E-state index in [-0.39, 0.29) is 0 Å². The highest BCUT2D eigenvalue weighted by atomic mass is 15.3. The number of likely N-dealkylation sites (N-methyl/N-ethyl adjacent to an activating group) is 2. The first-order valence-electron chi connectivity index (χ1n) is 5.60. The van der Waals surface area contributed by atoms with Crippen molar-refractivity contribution in [3.63, 3.8) is 0 Å². The molecule has 2 N–H and O–H groups in total. The van der Waals surface area contributed by atoms with Crippen LogP contribution in [-0.2, 0) is 0 Å². The first-order valence-corrected chi connectivity index (χ1v) is 5.60. The van der Waals surface area contributed by atoms with Gasteiger partial charge in [-0.3, -0.25) is 4.90 Å². The average Bonchev–Trinajstić information content (AvgIpc) is 2.46. The van der Waals surface area contributed by atoms with Crippen molar-refractivity contribution >= 4 is 0 Å². The number of nitrogens with zero attached hydrogens (tertiary/aromatic N) is 2. The quantitative estimate of drug-likeness (QED) is 0.574. The summed E-state index contributed by atoms with van der Waals surface area (Å²) in [6.07, 6.45) is 1.27. The molecule has 0 saturated carbocycles. The molecule has 82 valence electrons. The van der Waals surface area contributed by atoms with E-state index in [4.69, 9.17) is 0 Å². The molecule has 0 aliphatic carbocycles. The van der Waals surface area contributed by atoms with Gasteiger partial charge in [0.15, 0.2) is 0 Å². The Morgan fingerprint density at radius 2 is 2.07 bits per heavy atom. The van der Waals surface area contributed by atoms with Crippen molar-refractivity contribution in [3.05, 3.63) is 0 Å². The fourth-order valence-electron chi connectivity index (χ4n) is 2.45. The second-order valence-corrected chi connectivity index (χ2v) is 4.59. The van der Waals surface area contributed by atoms with Crippen molar-refractivity contribution in [1.82, 2.24) is 20.4 Å². The van der Waals surface area contributed by atoms with Crippen LogP contribution in [0.3, 0.4) is 0 Å². The first-order chi connectivity index (χ1) is 6.77. The third-order valence-electron chi connectivity index (χ3n) is 3.47. The molecule has 0 aromatic rings. The van der Waals surface area contributed by atoms with E-state index in [0.717, 1.165) is 19.8 Å². The summed E-state index contributed by atoms with van der Waals surface area (Å²) in [4.78, 5) is 4.83. The van der Waals surface area contributed by atoms with Gasteiger partial charge in [-0.1, -0.05) is 0 Å². The Morgan fingerprint density at radius 1 is 1.21 bits per heavy atom. The maximum Gasteiger partial charge on any atom is 0.0482 e. The minimum atomic E-state index is 0.667. The SMILES string of the molecule is CN1CCNC(C2CNCN2C)CC1. The lowest BCUT2D eigenvalue weighted by atomic mass is 10.1. The first kappa shape index (κ1) is 10.4. The molecule has 2 rings (SSSR count). The summed E-state index contributed by atoms with van der Waals surface area (Å²) in [6, 6.07) is 1.35. The summed E-state index contributed by atoms with van der Waals surface area (Å²) in [5.74, 6) is 0. The van der Waals surface area contributed by atoms with Gasteiger partial charge in [-0.2, -0.15) is 0 Å². The molecular weight excluding hydrogens is 176 g/mol. The van der Waals surface area contributed by atoms with Crippen molar-refractivity contribution in [3.8, 4) is 0 Å². The zero-order valence-electron chi connectivity index (χ0n) is 9.29. The molecule has 2 atom stereocenters. The summed E-state index contributed by atoms with van der Waals surface area (Å²) < 4.78 is 0. The molecule has 4 heteroatoms. The third kappa shape index (κ3) is 2.25. The number of nitrogens with one attached hydrogen (secondary N) is 2. The Balaban J connectivity index is 1.90. The van der Waals surface area contributed by atoms with Crippen molar-refractivity contribution in [2.45, 2.75) is 18.5 Å². The van der Waals surface area contributed by atoms with Crippen LogP contribution in [0.1, 0.15) is 6.42 Å². The second-order valence-electron chi connectivity index (χ2n) is 4.59. The summed E-state index contributed by atoms with van der Waals surface area (Å²) in [6.45, 7) is 5.71. The van der Waals surface area contributed by atoms with E-state index in [1.807, 2.05) is 0 Å². The number of hydrogen-bond acceptors (Lipinski definition) is 4. The van der Waals surface area contributed by atoms with Gasteiger partial charge in [-0.15, -0.1) is 0 Å². The van der Waals surface area contributed by atoms with E-state index < -0.39 is 0 Å². The lowest BCUT2D eigenvalue weighted by molar-refractivity contribution is 0.247. The van der Waals surface area contributed by atoms with E-state index in [2.05, 4.69) is 34.5 Å². The molecule has 2 unspecified atom stereocenters. The van der Waals surface area contributed by atoms with Crippen LogP contribution in [0.25, 0.3) is 0 Å². The van der Waals surface area contributed by atoms with Crippen LogP contribution in [-0.4, -0.2) is 68.8 Å². The predicted octanol–water partition coefficient (Wildman–Crippen LogP) is -0.859. The zero-order valence-corrected chi connectivity index (χ0v) is 9.29. The van der Waals surface area contributed by atoms with E-state index in [1.165, 1.54) is 19.5 Å². The van der Waals surface area contributed by atoms with Crippen LogP contribution in [0, 0.1) is 0 Å². The van der Waals surface area contributed by atoms with Crippen molar-refractivity contribution in [2.75, 3.05) is 46.9 Å². The average molecular weight is 198 g/mol. The Morgan fingerprint density at radius 3 is 2.79 bits per heavy atom. The van der Waals surface area contributed by atoms with E-state index >= 15 is 0 Å². The van der Waals surface area contributed by atoms with Gasteiger partial charge in [0.05, 0.1) is 0 Å². The second kappa shape index (κ2) is 4.57. The van der Waals surface area contributed by atoms with Crippen molar-refractivity contribution in [1.29, 1.82) is 0 Å². The highest BCUT2D eigenvalue weighted by Gasteiger charge is 2.29. The van der Waals surface area contributed by atoms with Gasteiger partial charge in [-0.05, 0) is 27.1 Å². The molecule has 0 bridgehead atoms. The lowest BCUT2D eigenvalue weighted by Gasteiger charge is -2.27. The Kier molecular flexibility index (Phi) is 3.38. The molecule has 14 heavy (non-hydrogen) atoms. The maximum atomic E-state index is 3.66. The normalized spacial score (nSPS) is 37.3. The monoisotopic (exact) mass is 198 g/mol. The van der Waals surface area contributed by atoms with Gasteiger partial charge in [0.2, 0.25) is 0 Å². The van der Waals surface area contributed by atoms with Crippen LogP contribution in [0.2, 0.25) is 0 Å². The molecule has 0 aromatic carbocycles. The lowest BCUT2D eigenvalue weighted by Crippen LogP contribution is -2.47. The molecule has 2 aliphatic heterocycles. The molecule has 4 nitrogen and oxygen atoms in total. The van der Waals surface area contributed by atoms with Gasteiger partial charge in [0, 0.05) is 38.4 Å². The molecule has 0 amide bonds. The molecular formula is C10H22N4.